The normalized spacial score (nSPS) is 9.30. The summed E-state index contributed by atoms with van der Waals surface area (Å²) in [6.45, 7) is 4.09. The molecule has 0 saturated heterocycles. The molecule has 0 aromatic carbocycles. The van der Waals surface area contributed by atoms with Gasteiger partial charge in [-0.2, -0.15) is 5.26 Å². The number of rotatable bonds is 1. The molecular formula is C8H9NS. The molecule has 0 fully saturated rings. The van der Waals surface area contributed by atoms with Crippen molar-refractivity contribution in [2.45, 2.75) is 20.3 Å². The molecule has 0 saturated carbocycles. The zero-order valence-corrected chi connectivity index (χ0v) is 6.96. The number of thiophene rings is 1. The number of nitriles is 1. The maximum Gasteiger partial charge on any atom is 0.100 e. The van der Waals surface area contributed by atoms with Crippen LogP contribution in [0.2, 0.25) is 0 Å². The molecule has 1 aromatic rings. The van der Waals surface area contributed by atoms with E-state index in [1.165, 1.54) is 4.88 Å². The summed E-state index contributed by atoms with van der Waals surface area (Å²) in [5.74, 6) is 0. The van der Waals surface area contributed by atoms with E-state index in [1.807, 2.05) is 13.0 Å². The summed E-state index contributed by atoms with van der Waals surface area (Å²) in [4.78, 5) is 2.44. The maximum atomic E-state index is 8.58. The van der Waals surface area contributed by atoms with Crippen LogP contribution in [0.5, 0.6) is 0 Å². The summed E-state index contributed by atoms with van der Waals surface area (Å²) >= 11 is 1.72. The minimum absolute atomic E-state index is 0.835. The fourth-order valence-corrected chi connectivity index (χ4v) is 1.76. The van der Waals surface area contributed by atoms with Gasteiger partial charge in [-0.1, -0.05) is 6.92 Å². The molecular weight excluding hydrogens is 142 g/mol. The van der Waals surface area contributed by atoms with Crippen LogP contribution in [-0.4, -0.2) is 0 Å². The molecule has 1 nitrogen and oxygen atoms in total. The first kappa shape index (κ1) is 7.30. The standard InChI is InChI=1S/C8H9NS/c1-3-8-4-7(5-9)6(2)10-8/h4H,3H2,1-2H3. The van der Waals surface area contributed by atoms with Crippen LogP contribution >= 0.6 is 11.3 Å². The lowest BCUT2D eigenvalue weighted by Crippen LogP contribution is -1.68. The molecule has 0 radical (unpaired) electrons. The minimum Gasteiger partial charge on any atom is -0.192 e. The van der Waals surface area contributed by atoms with E-state index in [-0.39, 0.29) is 0 Å². The summed E-state index contributed by atoms with van der Waals surface area (Å²) in [5.41, 5.74) is 0.835. The van der Waals surface area contributed by atoms with Gasteiger partial charge in [0.1, 0.15) is 6.07 Å². The van der Waals surface area contributed by atoms with Gasteiger partial charge in [-0.3, -0.25) is 0 Å². The second-order valence-electron chi connectivity index (χ2n) is 2.15. The van der Waals surface area contributed by atoms with Crippen LogP contribution in [0.4, 0.5) is 0 Å². The molecule has 2 heteroatoms. The molecule has 0 aliphatic carbocycles. The molecule has 0 aliphatic rings. The van der Waals surface area contributed by atoms with Crippen LogP contribution in [0.25, 0.3) is 0 Å². The van der Waals surface area contributed by atoms with E-state index in [4.69, 9.17) is 5.26 Å². The Morgan fingerprint density at radius 3 is 2.70 bits per heavy atom. The van der Waals surface area contributed by atoms with Gasteiger partial charge in [-0.15, -0.1) is 11.3 Å². The third-order valence-electron chi connectivity index (χ3n) is 1.44. The zero-order valence-electron chi connectivity index (χ0n) is 6.14. The molecule has 1 heterocycles. The summed E-state index contributed by atoms with van der Waals surface area (Å²) < 4.78 is 0. The summed E-state index contributed by atoms with van der Waals surface area (Å²) in [6.07, 6.45) is 1.03. The Kier molecular flexibility index (Phi) is 2.08. The molecule has 0 spiro atoms. The number of aryl methyl sites for hydroxylation is 2. The van der Waals surface area contributed by atoms with Gasteiger partial charge in [0.25, 0.3) is 0 Å². The molecule has 0 bridgehead atoms. The van der Waals surface area contributed by atoms with Gasteiger partial charge < -0.3 is 0 Å². The monoisotopic (exact) mass is 151 g/mol. The van der Waals surface area contributed by atoms with E-state index in [1.54, 1.807) is 11.3 Å². The predicted molar refractivity (Wildman–Crippen MR) is 43.1 cm³/mol. The molecule has 0 unspecified atom stereocenters. The number of hydrogen-bond acceptors (Lipinski definition) is 2. The van der Waals surface area contributed by atoms with E-state index in [0.29, 0.717) is 0 Å². The van der Waals surface area contributed by atoms with Crippen LogP contribution in [-0.2, 0) is 6.42 Å². The third-order valence-corrected chi connectivity index (χ3v) is 2.63. The first-order chi connectivity index (χ1) is 4.77. The molecule has 1 aromatic heterocycles. The Hall–Kier alpha value is -0.810. The van der Waals surface area contributed by atoms with Gasteiger partial charge in [-0.25, -0.2) is 0 Å². The van der Waals surface area contributed by atoms with Crippen molar-refractivity contribution >= 4 is 11.3 Å². The van der Waals surface area contributed by atoms with Gasteiger partial charge in [0.2, 0.25) is 0 Å². The highest BCUT2D eigenvalue weighted by Gasteiger charge is 2.01. The minimum atomic E-state index is 0.835. The summed E-state index contributed by atoms with van der Waals surface area (Å²) in [7, 11) is 0. The molecule has 52 valence electrons. The van der Waals surface area contributed by atoms with Crippen molar-refractivity contribution in [1.29, 1.82) is 5.26 Å². The lowest BCUT2D eigenvalue weighted by molar-refractivity contribution is 1.18. The summed E-state index contributed by atoms with van der Waals surface area (Å²) in [5, 5.41) is 8.58. The van der Waals surface area contributed by atoms with Gasteiger partial charge in [0.05, 0.1) is 5.56 Å². The van der Waals surface area contributed by atoms with Crippen molar-refractivity contribution in [3.8, 4) is 6.07 Å². The second-order valence-corrected chi connectivity index (χ2v) is 3.49. The summed E-state index contributed by atoms with van der Waals surface area (Å²) in [6, 6.07) is 4.13. The van der Waals surface area contributed by atoms with Gasteiger partial charge >= 0.3 is 0 Å². The van der Waals surface area contributed by atoms with E-state index >= 15 is 0 Å². The van der Waals surface area contributed by atoms with Crippen molar-refractivity contribution in [2.75, 3.05) is 0 Å². The van der Waals surface area contributed by atoms with E-state index in [0.717, 1.165) is 16.9 Å². The highest BCUT2D eigenvalue weighted by Crippen LogP contribution is 2.20. The highest BCUT2D eigenvalue weighted by molar-refractivity contribution is 7.12. The molecule has 0 N–H and O–H groups in total. The Labute approximate surface area is 64.9 Å². The Morgan fingerprint density at radius 1 is 1.70 bits per heavy atom. The SMILES string of the molecule is CCc1cc(C#N)c(C)s1. The van der Waals surface area contributed by atoms with Crippen molar-refractivity contribution in [2.24, 2.45) is 0 Å². The van der Waals surface area contributed by atoms with Crippen molar-refractivity contribution in [3.63, 3.8) is 0 Å². The largest absolute Gasteiger partial charge is 0.192 e. The van der Waals surface area contributed by atoms with Crippen molar-refractivity contribution in [3.05, 3.63) is 21.4 Å². The molecule has 0 amide bonds. The molecule has 0 aliphatic heterocycles. The van der Waals surface area contributed by atoms with Crippen molar-refractivity contribution < 1.29 is 0 Å². The van der Waals surface area contributed by atoms with E-state index < -0.39 is 0 Å². The second kappa shape index (κ2) is 2.85. The first-order valence-corrected chi connectivity index (χ1v) is 4.09. The lowest BCUT2D eigenvalue weighted by atomic mass is 10.2. The first-order valence-electron chi connectivity index (χ1n) is 3.27. The average Bonchev–Trinajstić information content (AvgIpc) is 2.30. The average molecular weight is 151 g/mol. The number of hydrogen-bond donors (Lipinski definition) is 0. The Morgan fingerprint density at radius 2 is 2.40 bits per heavy atom. The fraction of sp³-hybridized carbons (Fsp3) is 0.375. The van der Waals surface area contributed by atoms with E-state index in [2.05, 4.69) is 13.0 Å². The smallest absolute Gasteiger partial charge is 0.100 e. The zero-order chi connectivity index (χ0) is 7.56. The van der Waals surface area contributed by atoms with Crippen LogP contribution in [0, 0.1) is 18.3 Å². The number of nitrogens with zero attached hydrogens (tertiary/aromatic N) is 1. The maximum absolute atomic E-state index is 8.58. The fourth-order valence-electron chi connectivity index (χ4n) is 0.829. The van der Waals surface area contributed by atoms with Gasteiger partial charge in [0, 0.05) is 9.75 Å². The van der Waals surface area contributed by atoms with Crippen LogP contribution in [0.15, 0.2) is 6.07 Å². The lowest BCUT2D eigenvalue weighted by Gasteiger charge is -1.80. The van der Waals surface area contributed by atoms with Crippen LogP contribution in [0.1, 0.15) is 22.2 Å². The van der Waals surface area contributed by atoms with E-state index in [9.17, 15) is 0 Å². The topological polar surface area (TPSA) is 23.8 Å². The predicted octanol–water partition coefficient (Wildman–Crippen LogP) is 2.49. The quantitative estimate of drug-likeness (QED) is 0.605. The third kappa shape index (κ3) is 1.19. The molecule has 10 heavy (non-hydrogen) atoms. The van der Waals surface area contributed by atoms with Crippen LogP contribution in [0.3, 0.4) is 0 Å². The highest BCUT2D eigenvalue weighted by atomic mass is 32.1. The Balaban J connectivity index is 3.07. The Bertz CT molecular complexity index is 267. The molecule has 1 rings (SSSR count). The van der Waals surface area contributed by atoms with Crippen molar-refractivity contribution in [1.82, 2.24) is 0 Å². The van der Waals surface area contributed by atoms with Gasteiger partial charge in [-0.05, 0) is 19.4 Å². The molecule has 0 atom stereocenters. The van der Waals surface area contributed by atoms with Crippen LogP contribution < -0.4 is 0 Å². The van der Waals surface area contributed by atoms with Gasteiger partial charge in [0.15, 0.2) is 0 Å².